The van der Waals surface area contributed by atoms with Crippen LogP contribution in [0.1, 0.15) is 35.0 Å². The lowest BCUT2D eigenvalue weighted by molar-refractivity contribution is -0.122. The molecule has 2 aromatic heterocycles. The first-order valence-corrected chi connectivity index (χ1v) is 9.21. The third-order valence-electron chi connectivity index (χ3n) is 3.84. The Labute approximate surface area is 137 Å². The largest absolute Gasteiger partial charge is 0.299 e. The van der Waals surface area contributed by atoms with E-state index in [2.05, 4.69) is 9.97 Å². The number of hydrogen-bond acceptors (Lipinski definition) is 5. The standard InChI is InChI=1S/C15H17ClN2OS2/c1-8-15(21-9(2)17-8)12-7-20-14(18-12)6-13(19)10-3-4-11(16)5-10/h7,10-11H,3-6H2,1-2H3/t10-,11-/m0/s1. The van der Waals surface area contributed by atoms with Gasteiger partial charge in [-0.2, -0.15) is 0 Å². The van der Waals surface area contributed by atoms with Crippen molar-refractivity contribution < 1.29 is 4.79 Å². The van der Waals surface area contributed by atoms with Gasteiger partial charge in [-0.15, -0.1) is 34.3 Å². The van der Waals surface area contributed by atoms with Crippen molar-refractivity contribution in [2.45, 2.75) is 44.9 Å². The van der Waals surface area contributed by atoms with Crippen molar-refractivity contribution in [1.82, 2.24) is 9.97 Å². The minimum Gasteiger partial charge on any atom is -0.299 e. The lowest BCUT2D eigenvalue weighted by Gasteiger charge is -2.05. The number of carbonyl (C=O) groups is 1. The van der Waals surface area contributed by atoms with Gasteiger partial charge in [0.25, 0.3) is 0 Å². The maximum atomic E-state index is 12.3. The monoisotopic (exact) mass is 340 g/mol. The second-order valence-corrected chi connectivity index (χ2v) is 8.29. The molecule has 0 N–H and O–H groups in total. The topological polar surface area (TPSA) is 42.9 Å². The number of carbonyl (C=O) groups excluding carboxylic acids is 1. The first-order valence-electron chi connectivity index (χ1n) is 7.08. The second-order valence-electron chi connectivity index (χ2n) is 5.52. The Hall–Kier alpha value is -0.780. The maximum Gasteiger partial charge on any atom is 0.142 e. The fourth-order valence-electron chi connectivity index (χ4n) is 2.78. The van der Waals surface area contributed by atoms with Gasteiger partial charge >= 0.3 is 0 Å². The highest BCUT2D eigenvalue weighted by atomic mass is 35.5. The second kappa shape index (κ2) is 6.15. The van der Waals surface area contributed by atoms with Crippen molar-refractivity contribution in [3.63, 3.8) is 0 Å². The molecule has 0 bridgehead atoms. The molecule has 0 unspecified atom stereocenters. The molecule has 0 amide bonds. The smallest absolute Gasteiger partial charge is 0.142 e. The summed E-state index contributed by atoms with van der Waals surface area (Å²) in [6.07, 6.45) is 3.15. The zero-order valence-electron chi connectivity index (χ0n) is 12.1. The van der Waals surface area contributed by atoms with Gasteiger partial charge in [-0.1, -0.05) is 0 Å². The van der Waals surface area contributed by atoms with Gasteiger partial charge in [0.2, 0.25) is 0 Å². The highest BCUT2D eigenvalue weighted by molar-refractivity contribution is 7.16. The summed E-state index contributed by atoms with van der Waals surface area (Å²) in [5.74, 6) is 0.420. The van der Waals surface area contributed by atoms with Crippen LogP contribution in [0.2, 0.25) is 0 Å². The van der Waals surface area contributed by atoms with Crippen LogP contribution in [0.3, 0.4) is 0 Å². The third kappa shape index (κ3) is 3.35. The van der Waals surface area contributed by atoms with Gasteiger partial charge < -0.3 is 0 Å². The minimum atomic E-state index is 0.132. The number of nitrogens with zero attached hydrogens (tertiary/aromatic N) is 2. The zero-order chi connectivity index (χ0) is 15.0. The first kappa shape index (κ1) is 15.1. The Morgan fingerprint density at radius 2 is 2.19 bits per heavy atom. The molecule has 1 saturated carbocycles. The van der Waals surface area contributed by atoms with Crippen molar-refractivity contribution in [3.05, 3.63) is 21.1 Å². The molecule has 2 aromatic rings. The van der Waals surface area contributed by atoms with E-state index in [1.54, 1.807) is 22.7 Å². The minimum absolute atomic E-state index is 0.132. The number of thiazole rings is 2. The maximum absolute atomic E-state index is 12.3. The fraction of sp³-hybridized carbons (Fsp3) is 0.533. The van der Waals surface area contributed by atoms with E-state index in [9.17, 15) is 4.79 Å². The SMILES string of the molecule is Cc1nc(C)c(-c2csc(CC(=O)[C@H]3CC[C@H](Cl)C3)n2)s1. The van der Waals surface area contributed by atoms with Gasteiger partial charge in [0.05, 0.1) is 27.7 Å². The van der Waals surface area contributed by atoms with Crippen molar-refractivity contribution in [3.8, 4) is 10.6 Å². The summed E-state index contributed by atoms with van der Waals surface area (Å²) in [5.41, 5.74) is 1.97. The number of halogens is 1. The Kier molecular flexibility index (Phi) is 4.43. The van der Waals surface area contributed by atoms with Gasteiger partial charge in [-0.25, -0.2) is 9.97 Å². The zero-order valence-corrected chi connectivity index (χ0v) is 14.4. The van der Waals surface area contributed by atoms with E-state index in [1.165, 1.54) is 0 Å². The molecule has 112 valence electrons. The molecule has 3 nitrogen and oxygen atoms in total. The van der Waals surface area contributed by atoms with Crippen LogP contribution in [0.5, 0.6) is 0 Å². The Morgan fingerprint density at radius 1 is 1.38 bits per heavy atom. The molecule has 1 aliphatic carbocycles. The van der Waals surface area contributed by atoms with Crippen LogP contribution in [-0.2, 0) is 11.2 Å². The Balaban J connectivity index is 1.71. The van der Waals surface area contributed by atoms with E-state index in [0.29, 0.717) is 6.42 Å². The molecule has 0 saturated heterocycles. The molecule has 2 atom stereocenters. The Bertz CT molecular complexity index is 664. The molecule has 0 radical (unpaired) electrons. The van der Waals surface area contributed by atoms with E-state index in [4.69, 9.17) is 11.6 Å². The van der Waals surface area contributed by atoms with Gasteiger partial charge in [0.1, 0.15) is 10.8 Å². The average Bonchev–Trinajstić information content (AvgIpc) is 3.10. The summed E-state index contributed by atoms with van der Waals surface area (Å²) in [6, 6.07) is 0. The van der Waals surface area contributed by atoms with Crippen molar-refractivity contribution in [1.29, 1.82) is 0 Å². The van der Waals surface area contributed by atoms with Gasteiger partial charge in [0, 0.05) is 16.7 Å². The van der Waals surface area contributed by atoms with Crippen LogP contribution in [0.15, 0.2) is 5.38 Å². The summed E-state index contributed by atoms with van der Waals surface area (Å²) in [5, 5.41) is 4.15. The molecule has 1 aliphatic rings. The number of aromatic nitrogens is 2. The molecule has 1 fully saturated rings. The molecule has 6 heteroatoms. The van der Waals surface area contributed by atoms with Gasteiger partial charge in [-0.05, 0) is 33.1 Å². The van der Waals surface area contributed by atoms with Crippen molar-refractivity contribution in [2.75, 3.05) is 0 Å². The lowest BCUT2D eigenvalue weighted by Crippen LogP contribution is -2.14. The van der Waals surface area contributed by atoms with Crippen LogP contribution in [0.25, 0.3) is 10.6 Å². The number of aryl methyl sites for hydroxylation is 2. The molecule has 3 rings (SSSR count). The van der Waals surface area contributed by atoms with Crippen LogP contribution < -0.4 is 0 Å². The van der Waals surface area contributed by atoms with E-state index in [-0.39, 0.29) is 17.1 Å². The van der Waals surface area contributed by atoms with Crippen LogP contribution in [-0.4, -0.2) is 21.1 Å². The van der Waals surface area contributed by atoms with E-state index < -0.39 is 0 Å². The quantitative estimate of drug-likeness (QED) is 0.774. The summed E-state index contributed by atoms with van der Waals surface area (Å²) in [7, 11) is 0. The molecule has 0 aromatic carbocycles. The summed E-state index contributed by atoms with van der Waals surface area (Å²) >= 11 is 9.31. The fourth-order valence-corrected chi connectivity index (χ4v) is 4.87. The lowest BCUT2D eigenvalue weighted by atomic mass is 10.0. The van der Waals surface area contributed by atoms with E-state index in [0.717, 1.165) is 45.5 Å². The molecular formula is C15H17ClN2OS2. The highest BCUT2D eigenvalue weighted by Gasteiger charge is 2.29. The molecular weight excluding hydrogens is 324 g/mol. The molecule has 0 aliphatic heterocycles. The Morgan fingerprint density at radius 3 is 2.81 bits per heavy atom. The molecule has 0 spiro atoms. The summed E-state index contributed by atoms with van der Waals surface area (Å²) < 4.78 is 0. The predicted molar refractivity (Wildman–Crippen MR) is 88.4 cm³/mol. The van der Waals surface area contributed by atoms with Crippen molar-refractivity contribution in [2.24, 2.45) is 5.92 Å². The number of Topliss-reactive ketones (excluding diaryl/α,β-unsaturated/α-hetero) is 1. The predicted octanol–water partition coefficient (Wildman–Crippen LogP) is 4.40. The van der Waals surface area contributed by atoms with Gasteiger partial charge in [-0.3, -0.25) is 4.79 Å². The van der Waals surface area contributed by atoms with Crippen LogP contribution in [0.4, 0.5) is 0 Å². The van der Waals surface area contributed by atoms with Crippen LogP contribution >= 0.6 is 34.3 Å². The van der Waals surface area contributed by atoms with Gasteiger partial charge in [0.15, 0.2) is 0 Å². The first-order chi connectivity index (χ1) is 10.0. The summed E-state index contributed by atoms with van der Waals surface area (Å²) in [6.45, 7) is 4.00. The molecule has 21 heavy (non-hydrogen) atoms. The molecule has 2 heterocycles. The van der Waals surface area contributed by atoms with Crippen molar-refractivity contribution >= 4 is 40.1 Å². The number of ketones is 1. The number of rotatable bonds is 4. The summed E-state index contributed by atoms with van der Waals surface area (Å²) in [4.78, 5) is 22.4. The average molecular weight is 341 g/mol. The number of alkyl halides is 1. The third-order valence-corrected chi connectivity index (χ3v) is 6.18. The van der Waals surface area contributed by atoms with E-state index >= 15 is 0 Å². The van der Waals surface area contributed by atoms with E-state index in [1.807, 2.05) is 19.2 Å². The number of hydrogen-bond donors (Lipinski definition) is 0. The normalized spacial score (nSPS) is 21.9. The van der Waals surface area contributed by atoms with Crippen LogP contribution in [0, 0.1) is 19.8 Å². The highest BCUT2D eigenvalue weighted by Crippen LogP contribution is 2.33.